The highest BCUT2D eigenvalue weighted by molar-refractivity contribution is 5.85. The maximum Gasteiger partial charge on any atom is 0.102 e. The van der Waals surface area contributed by atoms with Crippen molar-refractivity contribution < 1.29 is 0 Å². The zero-order chi connectivity index (χ0) is 17.1. The summed E-state index contributed by atoms with van der Waals surface area (Å²) < 4.78 is 0. The lowest BCUT2D eigenvalue weighted by Gasteiger charge is -2.32. The minimum atomic E-state index is 0. The predicted molar refractivity (Wildman–Crippen MR) is 111 cm³/mol. The summed E-state index contributed by atoms with van der Waals surface area (Å²) in [6.45, 7) is 2.99. The third kappa shape index (κ3) is 3.81. The molecule has 0 radical (unpaired) electrons. The van der Waals surface area contributed by atoms with E-state index in [2.05, 4.69) is 96.8 Å². The fraction of sp³-hybridized carbons (Fsp3) is 0.174. The summed E-state index contributed by atoms with van der Waals surface area (Å²) in [6.07, 6.45) is 0.966. The minimum absolute atomic E-state index is 0. The molecule has 1 aliphatic rings. The first-order valence-electron chi connectivity index (χ1n) is 8.80. The van der Waals surface area contributed by atoms with Crippen LogP contribution in [-0.2, 0) is 13.0 Å². The molecule has 3 heteroatoms. The van der Waals surface area contributed by atoms with E-state index in [-0.39, 0.29) is 18.4 Å². The third-order valence-corrected chi connectivity index (χ3v) is 4.86. The molecule has 0 aliphatic carbocycles. The molecule has 3 aromatic rings. The van der Waals surface area contributed by atoms with E-state index in [9.17, 15) is 0 Å². The van der Waals surface area contributed by atoms with Crippen molar-refractivity contribution >= 4 is 23.9 Å². The van der Waals surface area contributed by atoms with Gasteiger partial charge < -0.3 is 4.90 Å². The van der Waals surface area contributed by atoms with E-state index >= 15 is 0 Å². The van der Waals surface area contributed by atoms with Gasteiger partial charge in [-0.3, -0.25) is 0 Å². The highest BCUT2D eigenvalue weighted by Crippen LogP contribution is 2.34. The van der Waals surface area contributed by atoms with Crippen LogP contribution in [0.25, 0.3) is 0 Å². The number of aliphatic imine (C=N–C) groups is 1. The van der Waals surface area contributed by atoms with Crippen molar-refractivity contribution in [2.24, 2.45) is 4.99 Å². The van der Waals surface area contributed by atoms with Crippen molar-refractivity contribution in [2.75, 3.05) is 0 Å². The Balaban J connectivity index is 0.00000196. The van der Waals surface area contributed by atoms with Crippen molar-refractivity contribution in [3.63, 3.8) is 0 Å². The van der Waals surface area contributed by atoms with Gasteiger partial charge in [0.2, 0.25) is 0 Å². The molecule has 1 unspecified atom stereocenters. The van der Waals surface area contributed by atoms with Gasteiger partial charge in [-0.25, -0.2) is 4.99 Å². The lowest BCUT2D eigenvalue weighted by atomic mass is 9.96. The van der Waals surface area contributed by atoms with Crippen LogP contribution in [0.5, 0.6) is 0 Å². The van der Waals surface area contributed by atoms with Gasteiger partial charge >= 0.3 is 0 Å². The largest absolute Gasteiger partial charge is 0.349 e. The molecule has 1 atom stereocenters. The number of nitrogens with zero attached hydrogens (tertiary/aromatic N) is 2. The van der Waals surface area contributed by atoms with E-state index in [1.54, 1.807) is 0 Å². The van der Waals surface area contributed by atoms with Crippen molar-refractivity contribution in [3.05, 3.63) is 102 Å². The number of benzene rings is 3. The Bertz CT molecular complexity index is 875. The molecule has 0 N–H and O–H groups in total. The molecule has 0 spiro atoms. The first-order valence-corrected chi connectivity index (χ1v) is 8.80. The quantitative estimate of drug-likeness (QED) is 0.561. The van der Waals surface area contributed by atoms with Gasteiger partial charge in [0.15, 0.2) is 0 Å². The molecule has 0 saturated heterocycles. The van der Waals surface area contributed by atoms with E-state index in [0.29, 0.717) is 0 Å². The zero-order valence-electron chi connectivity index (χ0n) is 14.9. The number of hydrogen-bond acceptors (Lipinski definition) is 2. The van der Waals surface area contributed by atoms with Crippen LogP contribution in [0.2, 0.25) is 0 Å². The maximum absolute atomic E-state index is 4.94. The van der Waals surface area contributed by atoms with Crippen LogP contribution in [0.15, 0.2) is 89.9 Å². The monoisotopic (exact) mass is 362 g/mol. The Morgan fingerprint density at radius 2 is 1.46 bits per heavy atom. The molecule has 4 rings (SSSR count). The van der Waals surface area contributed by atoms with Crippen LogP contribution in [0, 0.1) is 0 Å². The predicted octanol–water partition coefficient (Wildman–Crippen LogP) is 5.96. The highest BCUT2D eigenvalue weighted by atomic mass is 35.5. The molecule has 0 aromatic heterocycles. The smallest absolute Gasteiger partial charge is 0.102 e. The SMILES string of the molecule is CC1=Nc2ccccc2CC(c2ccccc2)N1Cc1ccccc1.Cl. The fourth-order valence-electron chi connectivity index (χ4n) is 3.55. The van der Waals surface area contributed by atoms with Gasteiger partial charge in [0, 0.05) is 6.54 Å². The first-order chi connectivity index (χ1) is 12.3. The summed E-state index contributed by atoms with van der Waals surface area (Å²) in [6, 6.07) is 30.2. The van der Waals surface area contributed by atoms with Crippen LogP contribution < -0.4 is 0 Å². The van der Waals surface area contributed by atoms with Gasteiger partial charge in [0.1, 0.15) is 5.84 Å². The van der Waals surface area contributed by atoms with E-state index in [0.717, 1.165) is 24.5 Å². The topological polar surface area (TPSA) is 15.6 Å². The molecule has 1 aliphatic heterocycles. The summed E-state index contributed by atoms with van der Waals surface area (Å²) in [5.74, 6) is 1.07. The minimum Gasteiger partial charge on any atom is -0.349 e. The van der Waals surface area contributed by atoms with Gasteiger partial charge in [0.05, 0.1) is 11.7 Å². The normalized spacial score (nSPS) is 16.1. The Labute approximate surface area is 161 Å². The number of halogens is 1. The van der Waals surface area contributed by atoms with Crippen molar-refractivity contribution in [1.29, 1.82) is 0 Å². The van der Waals surface area contributed by atoms with Crippen LogP contribution in [-0.4, -0.2) is 10.7 Å². The summed E-state index contributed by atoms with van der Waals surface area (Å²) in [5, 5.41) is 0. The number of amidine groups is 1. The molecule has 2 nitrogen and oxygen atoms in total. The highest BCUT2D eigenvalue weighted by Gasteiger charge is 2.26. The lowest BCUT2D eigenvalue weighted by Crippen LogP contribution is -2.33. The van der Waals surface area contributed by atoms with Crippen LogP contribution >= 0.6 is 12.4 Å². The summed E-state index contributed by atoms with van der Waals surface area (Å²) in [7, 11) is 0. The average Bonchev–Trinajstić information content (AvgIpc) is 2.80. The van der Waals surface area contributed by atoms with Crippen molar-refractivity contribution in [1.82, 2.24) is 4.90 Å². The Morgan fingerprint density at radius 3 is 2.19 bits per heavy atom. The molecular weight excluding hydrogens is 340 g/mol. The number of rotatable bonds is 3. The second kappa shape index (κ2) is 8.20. The number of para-hydroxylation sites is 1. The second-order valence-corrected chi connectivity index (χ2v) is 6.53. The third-order valence-electron chi connectivity index (χ3n) is 4.86. The zero-order valence-corrected chi connectivity index (χ0v) is 15.7. The Morgan fingerprint density at radius 1 is 0.846 bits per heavy atom. The molecule has 1 heterocycles. The van der Waals surface area contributed by atoms with E-state index in [1.807, 2.05) is 0 Å². The molecule has 3 aromatic carbocycles. The van der Waals surface area contributed by atoms with E-state index in [4.69, 9.17) is 4.99 Å². The molecule has 0 amide bonds. The molecular formula is C23H23ClN2. The fourth-order valence-corrected chi connectivity index (χ4v) is 3.55. The molecule has 0 fully saturated rings. The number of hydrogen-bond donors (Lipinski definition) is 0. The standard InChI is InChI=1S/C23H22N2.ClH/c1-18-24-22-15-9-8-14-21(22)16-23(20-12-6-3-7-13-20)25(18)17-19-10-4-2-5-11-19;/h2-15,23H,16-17H2,1H3;1H. The molecule has 0 bridgehead atoms. The Hall–Kier alpha value is -2.58. The van der Waals surface area contributed by atoms with Gasteiger partial charge in [0.25, 0.3) is 0 Å². The summed E-state index contributed by atoms with van der Waals surface area (Å²) in [4.78, 5) is 7.37. The van der Waals surface area contributed by atoms with E-state index in [1.165, 1.54) is 16.7 Å². The average molecular weight is 363 g/mol. The molecule has 0 saturated carbocycles. The maximum atomic E-state index is 4.94. The molecule has 132 valence electrons. The van der Waals surface area contributed by atoms with Gasteiger partial charge in [-0.15, -0.1) is 12.4 Å². The van der Waals surface area contributed by atoms with Crippen molar-refractivity contribution in [2.45, 2.75) is 25.9 Å². The number of fused-ring (bicyclic) bond motifs is 1. The van der Waals surface area contributed by atoms with Gasteiger partial charge in [-0.1, -0.05) is 78.9 Å². The summed E-state index contributed by atoms with van der Waals surface area (Å²) in [5.41, 5.74) is 5.05. The van der Waals surface area contributed by atoms with Gasteiger partial charge in [-0.2, -0.15) is 0 Å². The van der Waals surface area contributed by atoms with Gasteiger partial charge in [-0.05, 0) is 36.1 Å². The first kappa shape index (κ1) is 18.2. The van der Waals surface area contributed by atoms with Crippen molar-refractivity contribution in [3.8, 4) is 0 Å². The van der Waals surface area contributed by atoms with Crippen LogP contribution in [0.3, 0.4) is 0 Å². The van der Waals surface area contributed by atoms with Crippen LogP contribution in [0.1, 0.15) is 29.7 Å². The van der Waals surface area contributed by atoms with E-state index < -0.39 is 0 Å². The summed E-state index contributed by atoms with van der Waals surface area (Å²) >= 11 is 0. The second-order valence-electron chi connectivity index (χ2n) is 6.53. The molecule has 26 heavy (non-hydrogen) atoms. The lowest BCUT2D eigenvalue weighted by molar-refractivity contribution is 0.307. The van der Waals surface area contributed by atoms with Crippen LogP contribution in [0.4, 0.5) is 5.69 Å². The Kier molecular flexibility index (Phi) is 5.75.